The van der Waals surface area contributed by atoms with Crippen molar-refractivity contribution in [2.45, 2.75) is 52.0 Å². The molecule has 0 bridgehead atoms. The van der Waals surface area contributed by atoms with Gasteiger partial charge in [-0.1, -0.05) is 29.8 Å². The summed E-state index contributed by atoms with van der Waals surface area (Å²) < 4.78 is 9.72. The second kappa shape index (κ2) is 9.77. The summed E-state index contributed by atoms with van der Waals surface area (Å²) in [5, 5.41) is 0.817. The molecule has 8 heteroatoms. The Morgan fingerprint density at radius 1 is 1.16 bits per heavy atom. The molecule has 3 heterocycles. The number of nitrogens with zero attached hydrogens (tertiary/aromatic N) is 4. The Kier molecular flexibility index (Phi) is 6.85. The predicted octanol–water partition coefficient (Wildman–Crippen LogP) is 3.21. The van der Waals surface area contributed by atoms with E-state index in [0.717, 1.165) is 43.2 Å². The van der Waals surface area contributed by atoms with Gasteiger partial charge in [0.1, 0.15) is 11.9 Å². The fraction of sp³-hybridized carbons (Fsp3) is 0.565. The summed E-state index contributed by atoms with van der Waals surface area (Å²) in [5.41, 5.74) is 2.42. The highest BCUT2D eigenvalue weighted by atomic mass is 32.1. The molecule has 2 atom stereocenters. The number of aromatic nitrogens is 2. The smallest absolute Gasteiger partial charge is 0.310 e. The zero-order valence-electron chi connectivity index (χ0n) is 18.2. The Hall–Kier alpha value is -2.48. The molecule has 0 radical (unpaired) electrons. The molecule has 2 aliphatic heterocycles. The van der Waals surface area contributed by atoms with Gasteiger partial charge in [-0.15, -0.1) is 0 Å². The number of rotatable bonds is 6. The molecule has 0 saturated carbocycles. The van der Waals surface area contributed by atoms with Crippen molar-refractivity contribution in [1.29, 1.82) is 0 Å². The van der Waals surface area contributed by atoms with Crippen LogP contribution in [0.4, 0.5) is 5.13 Å². The van der Waals surface area contributed by atoms with Crippen LogP contribution in [0.5, 0.6) is 0 Å². The van der Waals surface area contributed by atoms with E-state index in [4.69, 9.17) is 9.72 Å². The van der Waals surface area contributed by atoms with Crippen molar-refractivity contribution in [3.05, 3.63) is 41.2 Å². The van der Waals surface area contributed by atoms with Gasteiger partial charge in [-0.05, 0) is 45.1 Å². The molecule has 2 fully saturated rings. The van der Waals surface area contributed by atoms with Crippen LogP contribution >= 0.6 is 11.5 Å². The average Bonchev–Trinajstić information content (AvgIpc) is 3.44. The van der Waals surface area contributed by atoms with E-state index in [1.54, 1.807) is 0 Å². The SMILES string of the molecule is CCOC(=O)C1CCCN(C(=O)C2CCCN2c2nc(Cc3ccc(C)cc3)ns2)C1. The normalized spacial score (nSPS) is 21.4. The molecule has 1 amide bonds. The Bertz CT molecular complexity index is 914. The van der Waals surface area contributed by atoms with Crippen molar-refractivity contribution in [2.24, 2.45) is 5.92 Å². The summed E-state index contributed by atoms with van der Waals surface area (Å²) in [6.45, 7) is 6.23. The number of ether oxygens (including phenoxy) is 1. The number of esters is 1. The summed E-state index contributed by atoms with van der Waals surface area (Å²) in [5.74, 6) is 0.493. The first kappa shape index (κ1) is 21.7. The molecule has 166 valence electrons. The van der Waals surface area contributed by atoms with Gasteiger partial charge in [-0.2, -0.15) is 4.37 Å². The van der Waals surface area contributed by atoms with E-state index in [1.165, 1.54) is 22.7 Å². The molecule has 31 heavy (non-hydrogen) atoms. The lowest BCUT2D eigenvalue weighted by atomic mass is 9.97. The molecular weight excluding hydrogens is 412 g/mol. The molecule has 2 aromatic rings. The number of anilines is 1. The summed E-state index contributed by atoms with van der Waals surface area (Å²) in [7, 11) is 0. The summed E-state index contributed by atoms with van der Waals surface area (Å²) >= 11 is 1.37. The van der Waals surface area contributed by atoms with E-state index in [-0.39, 0.29) is 23.8 Å². The lowest BCUT2D eigenvalue weighted by Gasteiger charge is -2.35. The van der Waals surface area contributed by atoms with Gasteiger partial charge in [0, 0.05) is 37.6 Å². The molecule has 7 nitrogen and oxygen atoms in total. The van der Waals surface area contributed by atoms with Gasteiger partial charge in [-0.25, -0.2) is 4.98 Å². The molecule has 4 rings (SSSR count). The number of benzene rings is 1. The van der Waals surface area contributed by atoms with Crippen molar-refractivity contribution in [2.75, 3.05) is 31.1 Å². The number of hydrogen-bond donors (Lipinski definition) is 0. The first-order valence-electron chi connectivity index (χ1n) is 11.2. The molecule has 0 N–H and O–H groups in total. The minimum Gasteiger partial charge on any atom is -0.466 e. The third-order valence-electron chi connectivity index (χ3n) is 6.08. The number of aryl methyl sites for hydroxylation is 1. The van der Waals surface area contributed by atoms with E-state index in [9.17, 15) is 9.59 Å². The van der Waals surface area contributed by atoms with Gasteiger partial charge in [0.2, 0.25) is 11.0 Å². The predicted molar refractivity (Wildman–Crippen MR) is 120 cm³/mol. The lowest BCUT2D eigenvalue weighted by molar-refractivity contribution is -0.151. The largest absolute Gasteiger partial charge is 0.466 e. The third-order valence-corrected chi connectivity index (χ3v) is 6.87. The Balaban J connectivity index is 1.42. The van der Waals surface area contributed by atoms with Gasteiger partial charge >= 0.3 is 5.97 Å². The molecule has 0 spiro atoms. The molecule has 2 saturated heterocycles. The van der Waals surface area contributed by atoms with Crippen LogP contribution in [0.1, 0.15) is 49.6 Å². The van der Waals surface area contributed by atoms with Crippen molar-refractivity contribution >= 4 is 28.5 Å². The number of amides is 1. The second-order valence-corrected chi connectivity index (χ2v) is 9.11. The number of hydrogen-bond acceptors (Lipinski definition) is 7. The van der Waals surface area contributed by atoms with Crippen LogP contribution in [0.2, 0.25) is 0 Å². The highest BCUT2D eigenvalue weighted by Gasteiger charge is 2.38. The molecule has 2 aliphatic rings. The summed E-state index contributed by atoms with van der Waals surface area (Å²) in [6.07, 6.45) is 4.08. The van der Waals surface area contributed by atoms with Gasteiger partial charge in [0.25, 0.3) is 0 Å². The number of likely N-dealkylation sites (tertiary alicyclic amines) is 1. The van der Waals surface area contributed by atoms with Gasteiger partial charge in [0.05, 0.1) is 12.5 Å². The fourth-order valence-electron chi connectivity index (χ4n) is 4.41. The highest BCUT2D eigenvalue weighted by molar-refractivity contribution is 7.09. The molecule has 2 unspecified atom stereocenters. The first-order chi connectivity index (χ1) is 15.0. The maximum absolute atomic E-state index is 13.3. The summed E-state index contributed by atoms with van der Waals surface area (Å²) in [4.78, 5) is 34.2. The van der Waals surface area contributed by atoms with E-state index < -0.39 is 0 Å². The zero-order valence-corrected chi connectivity index (χ0v) is 19.1. The van der Waals surface area contributed by atoms with Crippen molar-refractivity contribution in [1.82, 2.24) is 14.3 Å². The van der Waals surface area contributed by atoms with Crippen LogP contribution in [0, 0.1) is 12.8 Å². The van der Waals surface area contributed by atoms with E-state index in [0.29, 0.717) is 26.1 Å². The van der Waals surface area contributed by atoms with Crippen molar-refractivity contribution < 1.29 is 14.3 Å². The quantitative estimate of drug-likeness (QED) is 0.640. The first-order valence-corrected chi connectivity index (χ1v) is 11.9. The van der Waals surface area contributed by atoms with Crippen LogP contribution in [0.3, 0.4) is 0 Å². The monoisotopic (exact) mass is 442 g/mol. The zero-order chi connectivity index (χ0) is 21.8. The van der Waals surface area contributed by atoms with Gasteiger partial charge in [-0.3, -0.25) is 9.59 Å². The minimum atomic E-state index is -0.221. The highest BCUT2D eigenvalue weighted by Crippen LogP contribution is 2.30. The van der Waals surface area contributed by atoms with E-state index >= 15 is 0 Å². The van der Waals surface area contributed by atoms with Crippen LogP contribution in [-0.4, -0.2) is 58.4 Å². The Labute approximate surface area is 187 Å². The number of piperidine rings is 1. The molecule has 0 aliphatic carbocycles. The molecular formula is C23H30N4O3S. The van der Waals surface area contributed by atoms with Gasteiger partial charge < -0.3 is 14.5 Å². The maximum Gasteiger partial charge on any atom is 0.310 e. The number of carbonyl (C=O) groups is 2. The van der Waals surface area contributed by atoms with Crippen LogP contribution in [-0.2, 0) is 20.7 Å². The van der Waals surface area contributed by atoms with Crippen molar-refractivity contribution in [3.63, 3.8) is 0 Å². The summed E-state index contributed by atoms with van der Waals surface area (Å²) in [6, 6.07) is 8.18. The van der Waals surface area contributed by atoms with Crippen LogP contribution in [0.25, 0.3) is 0 Å². The Morgan fingerprint density at radius 2 is 1.94 bits per heavy atom. The van der Waals surface area contributed by atoms with Crippen LogP contribution < -0.4 is 4.90 Å². The standard InChI is InChI=1S/C23H30N4O3S/c1-3-30-22(29)18-6-4-12-26(15-18)21(28)19-7-5-13-27(19)23-24-20(25-31-23)14-17-10-8-16(2)9-11-17/h8-11,18-19H,3-7,12-15H2,1-2H3. The minimum absolute atomic E-state index is 0.0989. The second-order valence-electron chi connectivity index (χ2n) is 8.38. The van der Waals surface area contributed by atoms with Crippen LogP contribution in [0.15, 0.2) is 24.3 Å². The molecule has 1 aromatic heterocycles. The topological polar surface area (TPSA) is 75.6 Å². The average molecular weight is 443 g/mol. The Morgan fingerprint density at radius 3 is 2.71 bits per heavy atom. The fourth-order valence-corrected chi connectivity index (χ4v) is 5.18. The molecule has 1 aromatic carbocycles. The lowest BCUT2D eigenvalue weighted by Crippen LogP contribution is -2.50. The van der Waals surface area contributed by atoms with Crippen molar-refractivity contribution in [3.8, 4) is 0 Å². The maximum atomic E-state index is 13.3. The van der Waals surface area contributed by atoms with E-state index in [1.807, 2.05) is 11.8 Å². The van der Waals surface area contributed by atoms with E-state index in [2.05, 4.69) is 40.5 Å². The third kappa shape index (κ3) is 5.06. The van der Waals surface area contributed by atoms with Gasteiger partial charge in [0.15, 0.2) is 0 Å². The number of carbonyl (C=O) groups excluding carboxylic acids is 2.